The normalized spacial score (nSPS) is 23.5. The third-order valence-electron chi connectivity index (χ3n) is 5.11. The van der Waals surface area contributed by atoms with Crippen molar-refractivity contribution in [3.8, 4) is 5.75 Å². The summed E-state index contributed by atoms with van der Waals surface area (Å²) in [5.74, 6) is 2.00. The number of amides is 1. The number of hydrogen-bond donors (Lipinski definition) is 1. The number of rotatable bonds is 7. The van der Waals surface area contributed by atoms with Crippen LogP contribution in [0, 0.1) is 11.8 Å². The molecule has 0 aliphatic heterocycles. The number of nitrogens with one attached hydrogen (secondary N) is 1. The molecule has 1 saturated carbocycles. The van der Waals surface area contributed by atoms with E-state index in [1.54, 1.807) is 6.92 Å². The van der Waals surface area contributed by atoms with Crippen LogP contribution in [0.3, 0.4) is 0 Å². The van der Waals surface area contributed by atoms with Crippen LogP contribution in [0.1, 0.15) is 52.0 Å². The highest BCUT2D eigenvalue weighted by Gasteiger charge is 2.28. The van der Waals surface area contributed by atoms with Crippen LogP contribution >= 0.6 is 0 Å². The third-order valence-corrected chi connectivity index (χ3v) is 5.11. The number of Topliss-reactive ketones (excluding diaryl/α,β-unsaturated/α-hetero) is 1. The number of carbonyl (C=O) groups excluding carboxylic acids is 2. The van der Waals surface area contributed by atoms with Gasteiger partial charge in [0.2, 0.25) is 0 Å². The Morgan fingerprint density at radius 2 is 1.88 bits per heavy atom. The van der Waals surface area contributed by atoms with E-state index in [1.807, 2.05) is 24.3 Å². The Hall–Kier alpha value is -1.84. The molecule has 0 radical (unpaired) electrons. The molecule has 0 bridgehead atoms. The second-order valence-electron chi connectivity index (χ2n) is 7.08. The minimum Gasteiger partial charge on any atom is -0.484 e. The van der Waals surface area contributed by atoms with Gasteiger partial charge in [0.1, 0.15) is 11.5 Å². The molecule has 1 aromatic carbocycles. The van der Waals surface area contributed by atoms with Gasteiger partial charge in [0, 0.05) is 12.5 Å². The molecule has 0 heterocycles. The minimum atomic E-state index is -0.0541. The lowest BCUT2D eigenvalue weighted by Gasteiger charge is -2.34. The van der Waals surface area contributed by atoms with E-state index in [-0.39, 0.29) is 24.3 Å². The molecule has 0 spiro atoms. The number of carbonyl (C=O) groups is 2. The van der Waals surface area contributed by atoms with Crippen molar-refractivity contribution in [1.82, 2.24) is 5.32 Å². The van der Waals surface area contributed by atoms with Crippen molar-refractivity contribution >= 4 is 11.7 Å². The second-order valence-corrected chi connectivity index (χ2v) is 7.08. The standard InChI is InChI=1S/C20H29NO3/c1-14-5-4-6-19(16(14)3)21-20(23)13-24-18-11-9-17(10-12-18)8-7-15(2)22/h9-12,14,16,19H,4-8,13H2,1-3H3,(H,21,23)/t14-,16-,19-/m1/s1. The summed E-state index contributed by atoms with van der Waals surface area (Å²) >= 11 is 0. The van der Waals surface area contributed by atoms with Gasteiger partial charge < -0.3 is 14.8 Å². The molecule has 1 fully saturated rings. The van der Waals surface area contributed by atoms with Crippen molar-refractivity contribution in [3.05, 3.63) is 29.8 Å². The third kappa shape index (κ3) is 5.66. The molecule has 2 rings (SSSR count). The Morgan fingerprint density at radius 3 is 2.54 bits per heavy atom. The highest BCUT2D eigenvalue weighted by atomic mass is 16.5. The monoisotopic (exact) mass is 331 g/mol. The van der Waals surface area contributed by atoms with Gasteiger partial charge in [0.25, 0.3) is 5.91 Å². The van der Waals surface area contributed by atoms with Gasteiger partial charge in [-0.2, -0.15) is 0 Å². The zero-order valence-electron chi connectivity index (χ0n) is 15.0. The maximum absolute atomic E-state index is 12.1. The van der Waals surface area contributed by atoms with Crippen LogP contribution in [0.4, 0.5) is 0 Å². The van der Waals surface area contributed by atoms with Gasteiger partial charge in [-0.15, -0.1) is 0 Å². The van der Waals surface area contributed by atoms with Crippen molar-refractivity contribution < 1.29 is 14.3 Å². The molecule has 132 valence electrons. The number of aryl methyl sites for hydroxylation is 1. The summed E-state index contributed by atoms with van der Waals surface area (Å²) in [6.45, 7) is 6.12. The van der Waals surface area contributed by atoms with Gasteiger partial charge in [-0.25, -0.2) is 0 Å². The predicted molar refractivity (Wildman–Crippen MR) is 95.0 cm³/mol. The van der Waals surface area contributed by atoms with E-state index in [9.17, 15) is 9.59 Å². The molecule has 0 saturated heterocycles. The van der Waals surface area contributed by atoms with Crippen LogP contribution in [-0.4, -0.2) is 24.3 Å². The Bertz CT molecular complexity index is 553. The van der Waals surface area contributed by atoms with Gasteiger partial charge in [0.15, 0.2) is 6.61 Å². The Labute approximate surface area is 145 Å². The zero-order valence-corrected chi connectivity index (χ0v) is 15.0. The van der Waals surface area contributed by atoms with Crippen molar-refractivity contribution in [2.75, 3.05) is 6.61 Å². The first-order chi connectivity index (χ1) is 11.5. The number of hydrogen-bond acceptors (Lipinski definition) is 3. The number of ether oxygens (including phenoxy) is 1. The van der Waals surface area contributed by atoms with E-state index in [4.69, 9.17) is 4.74 Å². The van der Waals surface area contributed by atoms with Crippen molar-refractivity contribution in [3.63, 3.8) is 0 Å². The van der Waals surface area contributed by atoms with Crippen LogP contribution in [0.15, 0.2) is 24.3 Å². The molecule has 1 N–H and O–H groups in total. The minimum absolute atomic E-state index is 0.0460. The van der Waals surface area contributed by atoms with Crippen LogP contribution in [0.25, 0.3) is 0 Å². The quantitative estimate of drug-likeness (QED) is 0.831. The topological polar surface area (TPSA) is 55.4 Å². The van der Waals surface area contributed by atoms with E-state index < -0.39 is 0 Å². The number of benzene rings is 1. The smallest absolute Gasteiger partial charge is 0.258 e. The van der Waals surface area contributed by atoms with Gasteiger partial charge in [-0.05, 0) is 49.3 Å². The van der Waals surface area contributed by atoms with Gasteiger partial charge >= 0.3 is 0 Å². The highest BCUT2D eigenvalue weighted by molar-refractivity contribution is 5.78. The first-order valence-corrected chi connectivity index (χ1v) is 8.96. The van der Waals surface area contributed by atoms with Crippen LogP contribution in [0.2, 0.25) is 0 Å². The molecule has 24 heavy (non-hydrogen) atoms. The van der Waals surface area contributed by atoms with E-state index in [1.165, 1.54) is 12.8 Å². The van der Waals surface area contributed by atoms with Crippen molar-refractivity contribution in [2.45, 2.75) is 58.9 Å². The van der Waals surface area contributed by atoms with E-state index in [0.717, 1.165) is 18.4 Å². The molecule has 3 atom stereocenters. The maximum Gasteiger partial charge on any atom is 0.258 e. The Morgan fingerprint density at radius 1 is 1.17 bits per heavy atom. The average Bonchev–Trinajstić information content (AvgIpc) is 2.56. The molecular formula is C20H29NO3. The average molecular weight is 331 g/mol. The van der Waals surface area contributed by atoms with Crippen LogP contribution in [-0.2, 0) is 16.0 Å². The first kappa shape index (κ1) is 18.5. The highest BCUT2D eigenvalue weighted by Crippen LogP contribution is 2.29. The van der Waals surface area contributed by atoms with E-state index in [0.29, 0.717) is 24.0 Å². The van der Waals surface area contributed by atoms with Gasteiger partial charge in [0.05, 0.1) is 0 Å². The lowest BCUT2D eigenvalue weighted by Crippen LogP contribution is -2.45. The van der Waals surface area contributed by atoms with Crippen LogP contribution in [0.5, 0.6) is 5.75 Å². The fraction of sp³-hybridized carbons (Fsp3) is 0.600. The number of ketones is 1. The fourth-order valence-electron chi connectivity index (χ4n) is 3.26. The van der Waals surface area contributed by atoms with Gasteiger partial charge in [-0.3, -0.25) is 4.79 Å². The molecular weight excluding hydrogens is 302 g/mol. The van der Waals surface area contributed by atoms with Crippen molar-refractivity contribution in [1.29, 1.82) is 0 Å². The lowest BCUT2D eigenvalue weighted by molar-refractivity contribution is -0.124. The molecule has 0 aromatic heterocycles. The van der Waals surface area contributed by atoms with Crippen molar-refractivity contribution in [2.24, 2.45) is 11.8 Å². The van der Waals surface area contributed by atoms with Crippen LogP contribution < -0.4 is 10.1 Å². The Kier molecular flexibility index (Phi) is 6.83. The van der Waals surface area contributed by atoms with E-state index >= 15 is 0 Å². The SMILES string of the molecule is CC(=O)CCc1ccc(OCC(=O)N[C@@H]2CCC[C@@H](C)[C@H]2C)cc1. The summed E-state index contributed by atoms with van der Waals surface area (Å²) in [5, 5.41) is 3.11. The summed E-state index contributed by atoms with van der Waals surface area (Å²) in [6, 6.07) is 7.86. The zero-order chi connectivity index (χ0) is 17.5. The summed E-state index contributed by atoms with van der Waals surface area (Å²) < 4.78 is 5.57. The molecule has 1 amide bonds. The predicted octanol–water partition coefficient (Wildman–Crippen LogP) is 3.53. The maximum atomic E-state index is 12.1. The molecule has 0 unspecified atom stereocenters. The summed E-state index contributed by atoms with van der Waals surface area (Å²) in [4.78, 5) is 23.1. The largest absolute Gasteiger partial charge is 0.484 e. The summed E-state index contributed by atoms with van der Waals surface area (Å²) in [5.41, 5.74) is 1.10. The first-order valence-electron chi connectivity index (χ1n) is 8.96. The molecule has 4 nitrogen and oxygen atoms in total. The second kappa shape index (κ2) is 8.86. The molecule has 1 aliphatic rings. The van der Waals surface area contributed by atoms with E-state index in [2.05, 4.69) is 19.2 Å². The lowest BCUT2D eigenvalue weighted by atomic mass is 9.78. The molecule has 1 aliphatic carbocycles. The van der Waals surface area contributed by atoms with Gasteiger partial charge in [-0.1, -0.05) is 38.8 Å². The fourth-order valence-corrected chi connectivity index (χ4v) is 3.26. The molecule has 1 aromatic rings. The summed E-state index contributed by atoms with van der Waals surface area (Å²) in [6.07, 6.45) is 4.79. The summed E-state index contributed by atoms with van der Waals surface area (Å²) in [7, 11) is 0. The Balaban J connectivity index is 1.76. The molecule has 4 heteroatoms.